The van der Waals surface area contributed by atoms with Crippen LogP contribution in [0.4, 0.5) is 0 Å². The molecule has 43 heavy (non-hydrogen) atoms. The second-order valence-corrected chi connectivity index (χ2v) is 14.9. The van der Waals surface area contributed by atoms with Gasteiger partial charge in [0.2, 0.25) is 23.6 Å². The fourth-order valence-corrected chi connectivity index (χ4v) is 10.4. The molecule has 6 atom stereocenters. The number of fused-ring (bicyclic) bond motifs is 4. The van der Waals surface area contributed by atoms with E-state index in [-0.39, 0.29) is 53.1 Å². The van der Waals surface area contributed by atoms with E-state index in [9.17, 15) is 24.3 Å². The van der Waals surface area contributed by atoms with Gasteiger partial charge in [0, 0.05) is 22.5 Å². The Kier molecular flexibility index (Phi) is 7.76. The van der Waals surface area contributed by atoms with Crippen LogP contribution < -0.4 is 4.74 Å². The summed E-state index contributed by atoms with van der Waals surface area (Å²) in [4.78, 5) is 59.7. The fraction of sp³-hybridized carbons (Fsp3) is 0.636. The lowest BCUT2D eigenvalue weighted by atomic mass is 9.57. The first-order chi connectivity index (χ1) is 20.7. The van der Waals surface area contributed by atoms with Crippen LogP contribution in [0.3, 0.4) is 0 Å². The van der Waals surface area contributed by atoms with Gasteiger partial charge < -0.3 is 9.84 Å². The molecule has 1 N–H and O–H groups in total. The summed E-state index contributed by atoms with van der Waals surface area (Å²) >= 11 is 7.18. The van der Waals surface area contributed by atoms with Crippen molar-refractivity contribution in [1.29, 1.82) is 0 Å². The third-order valence-electron chi connectivity index (χ3n) is 11.3. The number of aromatic hydroxyl groups is 1. The number of ether oxygens (including phenoxy) is 1. The number of amides is 4. The summed E-state index contributed by atoms with van der Waals surface area (Å²) in [7, 11) is 1.48. The number of methoxy groups -OCH3 is 1. The number of allylic oxidation sites excluding steroid dienone is 2. The topological polar surface area (TPSA) is 104 Å². The van der Waals surface area contributed by atoms with Gasteiger partial charge in [-0.15, -0.1) is 0 Å². The third-order valence-corrected chi connectivity index (χ3v) is 13.5. The Hall–Kier alpha value is -2.20. The fourth-order valence-electron chi connectivity index (χ4n) is 9.38. The molecular weight excluding hydrogens is 680 g/mol. The summed E-state index contributed by atoms with van der Waals surface area (Å²) in [5, 5.41) is 10.7. The lowest BCUT2D eigenvalue weighted by molar-refractivity contribution is -0.145. The maximum absolute atomic E-state index is 14.4. The Balaban J connectivity index is 1.34. The van der Waals surface area contributed by atoms with E-state index in [4.69, 9.17) is 4.74 Å². The first kappa shape index (κ1) is 29.5. The molecule has 5 fully saturated rings. The Labute approximate surface area is 268 Å². The summed E-state index contributed by atoms with van der Waals surface area (Å²) in [5.74, 6) is -3.18. The van der Waals surface area contributed by atoms with E-state index >= 15 is 0 Å². The molecule has 3 saturated carbocycles. The third kappa shape index (κ3) is 4.47. The average molecular weight is 718 g/mol. The Morgan fingerprint density at radius 2 is 1.30 bits per heavy atom. The van der Waals surface area contributed by atoms with E-state index in [2.05, 4.69) is 37.9 Å². The number of phenols is 1. The van der Waals surface area contributed by atoms with Crippen LogP contribution in [-0.2, 0) is 19.2 Å². The molecule has 2 saturated heterocycles. The van der Waals surface area contributed by atoms with Crippen LogP contribution in [0.15, 0.2) is 26.7 Å². The molecule has 8 nitrogen and oxygen atoms in total. The minimum absolute atomic E-state index is 0.0436. The normalized spacial score (nSPS) is 33.4. The number of likely N-dealkylation sites (tertiary alicyclic amines) is 2. The van der Waals surface area contributed by atoms with Gasteiger partial charge in [0.05, 0.1) is 35.3 Å². The number of hydrogen-bond acceptors (Lipinski definition) is 6. The molecule has 6 unspecified atom stereocenters. The SMILES string of the molecule is COc1cc(C2C3=CCC4C(=O)N(C5CCCCC5)C(=O)C4C3CC3C(=O)N(C4CCCCC4)C(=O)C32)c(Br)c(Br)c1O. The van der Waals surface area contributed by atoms with Crippen LogP contribution in [0, 0.1) is 29.6 Å². The Bertz CT molecular complexity index is 1410. The number of carbonyl (C=O) groups excluding carboxylic acids is 4. The van der Waals surface area contributed by atoms with Gasteiger partial charge in [-0.05, 0) is 87.9 Å². The van der Waals surface area contributed by atoms with E-state index in [1.807, 2.05) is 0 Å². The number of rotatable bonds is 4. The molecule has 1 aromatic rings. The van der Waals surface area contributed by atoms with Crippen LogP contribution in [0.1, 0.15) is 88.5 Å². The minimum Gasteiger partial charge on any atom is -0.503 e. The summed E-state index contributed by atoms with van der Waals surface area (Å²) < 4.78 is 6.52. The van der Waals surface area contributed by atoms with Crippen molar-refractivity contribution in [2.24, 2.45) is 29.6 Å². The van der Waals surface area contributed by atoms with E-state index in [0.717, 1.165) is 75.3 Å². The molecule has 7 rings (SSSR count). The van der Waals surface area contributed by atoms with Crippen molar-refractivity contribution in [2.75, 3.05) is 7.11 Å². The number of nitrogens with zero attached hydrogens (tertiary/aromatic N) is 2. The van der Waals surface area contributed by atoms with Gasteiger partial charge >= 0.3 is 0 Å². The number of carbonyl (C=O) groups is 4. The number of halogens is 2. The maximum atomic E-state index is 14.4. The predicted molar refractivity (Wildman–Crippen MR) is 165 cm³/mol. The second-order valence-electron chi connectivity index (χ2n) is 13.3. The van der Waals surface area contributed by atoms with Crippen LogP contribution in [0.25, 0.3) is 0 Å². The summed E-state index contributed by atoms with van der Waals surface area (Å²) in [5.41, 5.74) is 1.69. The van der Waals surface area contributed by atoms with Gasteiger partial charge in [0.1, 0.15) is 0 Å². The standard InChI is InChI=1S/C33H38Br2N2O6/c1-43-23-15-21(27(34)28(35)29(23)38)24-18-12-13-19-25(32(41)36(30(19)39)16-8-4-2-5-9-16)20(18)14-22-26(24)33(42)37(31(22)40)17-10-6-3-7-11-17/h12,15-17,19-20,22,24-26,38H,2-11,13-14H2,1H3. The zero-order valence-corrected chi connectivity index (χ0v) is 27.6. The molecular formula is C33H38Br2N2O6. The monoisotopic (exact) mass is 716 g/mol. The molecule has 2 heterocycles. The maximum Gasteiger partial charge on any atom is 0.234 e. The van der Waals surface area contributed by atoms with Gasteiger partial charge in [-0.2, -0.15) is 0 Å². The molecule has 230 valence electrons. The van der Waals surface area contributed by atoms with Gasteiger partial charge in [-0.25, -0.2) is 0 Å². The zero-order chi connectivity index (χ0) is 30.2. The first-order valence-corrected chi connectivity index (χ1v) is 17.5. The highest BCUT2D eigenvalue weighted by molar-refractivity contribution is 9.13. The van der Waals surface area contributed by atoms with E-state index in [0.29, 0.717) is 21.8 Å². The largest absolute Gasteiger partial charge is 0.503 e. The molecule has 0 radical (unpaired) electrons. The predicted octanol–water partition coefficient (Wildman–Crippen LogP) is 6.23. The summed E-state index contributed by atoms with van der Waals surface area (Å²) in [6, 6.07) is 1.61. The summed E-state index contributed by atoms with van der Waals surface area (Å²) in [6.45, 7) is 0. The smallest absolute Gasteiger partial charge is 0.234 e. The second kappa shape index (κ2) is 11.3. The van der Waals surface area contributed by atoms with Crippen LogP contribution in [0.5, 0.6) is 11.5 Å². The number of phenolic OH excluding ortho intramolecular Hbond substituents is 1. The highest BCUT2D eigenvalue weighted by Gasteiger charge is 2.63. The minimum atomic E-state index is -0.618. The molecule has 0 bridgehead atoms. The zero-order valence-electron chi connectivity index (χ0n) is 24.4. The molecule has 2 aliphatic heterocycles. The number of benzene rings is 1. The van der Waals surface area contributed by atoms with Crippen LogP contribution in [-0.4, -0.2) is 57.7 Å². The van der Waals surface area contributed by atoms with E-state index < -0.39 is 29.6 Å². The molecule has 4 amide bonds. The van der Waals surface area contributed by atoms with Gasteiger partial charge in [0.25, 0.3) is 0 Å². The average Bonchev–Trinajstić information content (AvgIpc) is 3.43. The Morgan fingerprint density at radius 1 is 0.744 bits per heavy atom. The van der Waals surface area contributed by atoms with Crippen molar-refractivity contribution in [1.82, 2.24) is 9.80 Å². The van der Waals surface area contributed by atoms with Crippen molar-refractivity contribution < 1.29 is 29.0 Å². The molecule has 4 aliphatic carbocycles. The van der Waals surface area contributed by atoms with E-state index in [1.165, 1.54) is 7.11 Å². The summed E-state index contributed by atoms with van der Waals surface area (Å²) in [6.07, 6.45) is 12.6. The van der Waals surface area contributed by atoms with Gasteiger partial charge in [-0.3, -0.25) is 29.0 Å². The molecule has 10 heteroatoms. The molecule has 1 aromatic carbocycles. The highest BCUT2D eigenvalue weighted by atomic mass is 79.9. The highest BCUT2D eigenvalue weighted by Crippen LogP contribution is 2.60. The van der Waals surface area contributed by atoms with Crippen molar-refractivity contribution in [3.63, 3.8) is 0 Å². The van der Waals surface area contributed by atoms with Crippen LogP contribution in [0.2, 0.25) is 0 Å². The Morgan fingerprint density at radius 3 is 1.88 bits per heavy atom. The molecule has 0 spiro atoms. The van der Waals surface area contributed by atoms with Crippen molar-refractivity contribution >= 4 is 55.5 Å². The van der Waals surface area contributed by atoms with Crippen molar-refractivity contribution in [2.45, 2.75) is 95.1 Å². The van der Waals surface area contributed by atoms with Crippen LogP contribution >= 0.6 is 31.9 Å². The lowest BCUT2D eigenvalue weighted by Crippen LogP contribution is -2.44. The lowest BCUT2D eigenvalue weighted by Gasteiger charge is -2.44. The van der Waals surface area contributed by atoms with Crippen molar-refractivity contribution in [3.05, 3.63) is 32.2 Å². The van der Waals surface area contributed by atoms with E-state index in [1.54, 1.807) is 15.9 Å². The van der Waals surface area contributed by atoms with Crippen molar-refractivity contribution in [3.8, 4) is 11.5 Å². The number of imide groups is 2. The van der Waals surface area contributed by atoms with Gasteiger partial charge in [-0.1, -0.05) is 50.2 Å². The molecule has 0 aromatic heterocycles. The van der Waals surface area contributed by atoms with Gasteiger partial charge in [0.15, 0.2) is 11.5 Å². The molecule has 6 aliphatic rings. The number of hydrogen-bond donors (Lipinski definition) is 1. The first-order valence-electron chi connectivity index (χ1n) is 15.9. The quantitative estimate of drug-likeness (QED) is 0.293.